The van der Waals surface area contributed by atoms with E-state index in [0.717, 1.165) is 0 Å². The van der Waals surface area contributed by atoms with Crippen LogP contribution in [-0.4, -0.2) is 47.3 Å². The lowest BCUT2D eigenvalue weighted by Crippen LogP contribution is -2.51. The third-order valence-corrected chi connectivity index (χ3v) is 2.69. The van der Waals surface area contributed by atoms with E-state index >= 15 is 0 Å². The SMILES string of the molecule is C[C@H](NC(=O)OC(C)(C)C)C(=O)N[C@@H](CCCCN)C(=O)O. The van der Waals surface area contributed by atoms with E-state index in [1.54, 1.807) is 20.8 Å². The molecule has 2 amide bonds. The Hall–Kier alpha value is -1.83. The fourth-order valence-electron chi connectivity index (χ4n) is 1.60. The third kappa shape index (κ3) is 9.17. The first kappa shape index (κ1) is 20.2. The molecule has 0 bridgehead atoms. The monoisotopic (exact) mass is 317 g/mol. The van der Waals surface area contributed by atoms with Crippen LogP contribution in [0.2, 0.25) is 0 Å². The van der Waals surface area contributed by atoms with E-state index in [9.17, 15) is 14.4 Å². The van der Waals surface area contributed by atoms with Gasteiger partial charge < -0.3 is 26.2 Å². The van der Waals surface area contributed by atoms with Crippen LogP contribution in [0.15, 0.2) is 0 Å². The summed E-state index contributed by atoms with van der Waals surface area (Å²) in [4.78, 5) is 34.6. The smallest absolute Gasteiger partial charge is 0.408 e. The largest absolute Gasteiger partial charge is 0.480 e. The molecule has 0 saturated carbocycles. The predicted octanol–water partition coefficient (Wildman–Crippen LogP) is 0.598. The van der Waals surface area contributed by atoms with Crippen LogP contribution in [0.5, 0.6) is 0 Å². The van der Waals surface area contributed by atoms with Gasteiger partial charge in [-0.25, -0.2) is 9.59 Å². The first-order valence-electron chi connectivity index (χ1n) is 7.29. The van der Waals surface area contributed by atoms with Crippen molar-refractivity contribution in [2.24, 2.45) is 5.73 Å². The van der Waals surface area contributed by atoms with Crippen LogP contribution in [0, 0.1) is 0 Å². The Morgan fingerprint density at radius 2 is 1.77 bits per heavy atom. The van der Waals surface area contributed by atoms with Gasteiger partial charge in [0.1, 0.15) is 17.7 Å². The molecular formula is C14H27N3O5. The van der Waals surface area contributed by atoms with Crippen molar-refractivity contribution in [3.05, 3.63) is 0 Å². The standard InChI is InChI=1S/C14H27N3O5/c1-9(16-13(21)22-14(2,3)4)11(18)17-10(12(19)20)7-5-6-8-15/h9-10H,5-8,15H2,1-4H3,(H,16,21)(H,17,18)(H,19,20)/t9-,10-/m0/s1. The minimum absolute atomic E-state index is 0.289. The van der Waals surface area contributed by atoms with Crippen molar-refractivity contribution in [2.75, 3.05) is 6.54 Å². The zero-order chi connectivity index (χ0) is 17.3. The summed E-state index contributed by atoms with van der Waals surface area (Å²) in [5.74, 6) is -1.69. The Bertz CT molecular complexity index is 392. The average Bonchev–Trinajstić information content (AvgIpc) is 2.34. The lowest BCUT2D eigenvalue weighted by molar-refractivity contribution is -0.142. The van der Waals surface area contributed by atoms with Crippen molar-refractivity contribution in [1.29, 1.82) is 0 Å². The lowest BCUT2D eigenvalue weighted by atomic mass is 10.1. The van der Waals surface area contributed by atoms with Gasteiger partial charge in [0.15, 0.2) is 0 Å². The summed E-state index contributed by atoms with van der Waals surface area (Å²) in [5.41, 5.74) is 4.67. The number of carboxylic acids is 1. The zero-order valence-electron chi connectivity index (χ0n) is 13.6. The number of carbonyl (C=O) groups is 3. The van der Waals surface area contributed by atoms with E-state index in [1.165, 1.54) is 6.92 Å². The maximum absolute atomic E-state index is 11.9. The minimum Gasteiger partial charge on any atom is -0.480 e. The summed E-state index contributed by atoms with van der Waals surface area (Å²) in [6.45, 7) is 7.04. The highest BCUT2D eigenvalue weighted by atomic mass is 16.6. The molecule has 0 unspecified atom stereocenters. The van der Waals surface area contributed by atoms with Crippen LogP contribution < -0.4 is 16.4 Å². The number of nitrogens with two attached hydrogens (primary N) is 1. The number of carboxylic acid groups (broad SMARTS) is 1. The van der Waals surface area contributed by atoms with Crippen molar-refractivity contribution >= 4 is 18.0 Å². The summed E-state index contributed by atoms with van der Waals surface area (Å²) in [7, 11) is 0. The average molecular weight is 317 g/mol. The number of alkyl carbamates (subject to hydrolysis) is 1. The van der Waals surface area contributed by atoms with Crippen molar-refractivity contribution in [3.8, 4) is 0 Å². The van der Waals surface area contributed by atoms with E-state index in [1.807, 2.05) is 0 Å². The highest BCUT2D eigenvalue weighted by Gasteiger charge is 2.25. The summed E-state index contributed by atoms with van der Waals surface area (Å²) in [6.07, 6.45) is 0.842. The predicted molar refractivity (Wildman–Crippen MR) is 81.3 cm³/mol. The van der Waals surface area contributed by atoms with E-state index in [0.29, 0.717) is 19.4 Å². The minimum atomic E-state index is -1.12. The third-order valence-electron chi connectivity index (χ3n) is 2.69. The molecule has 0 fully saturated rings. The molecule has 0 aromatic heterocycles. The van der Waals surface area contributed by atoms with E-state index in [4.69, 9.17) is 15.6 Å². The summed E-state index contributed by atoms with van der Waals surface area (Å²) in [6, 6.07) is -1.90. The van der Waals surface area contributed by atoms with Crippen molar-refractivity contribution in [1.82, 2.24) is 10.6 Å². The normalized spacial score (nSPS) is 13.9. The number of ether oxygens (including phenoxy) is 1. The molecule has 0 saturated heterocycles. The Morgan fingerprint density at radius 3 is 2.23 bits per heavy atom. The first-order chi connectivity index (χ1) is 10.1. The fourth-order valence-corrected chi connectivity index (χ4v) is 1.60. The molecule has 0 aromatic carbocycles. The maximum atomic E-state index is 11.9. The molecular weight excluding hydrogens is 290 g/mol. The van der Waals surface area contributed by atoms with Crippen LogP contribution in [0.4, 0.5) is 4.79 Å². The topological polar surface area (TPSA) is 131 Å². The van der Waals surface area contributed by atoms with E-state index in [2.05, 4.69) is 10.6 Å². The van der Waals surface area contributed by atoms with Gasteiger partial charge in [-0.3, -0.25) is 4.79 Å². The van der Waals surface area contributed by atoms with Gasteiger partial charge in [-0.15, -0.1) is 0 Å². The molecule has 0 aliphatic heterocycles. The van der Waals surface area contributed by atoms with Crippen molar-refractivity contribution in [3.63, 3.8) is 0 Å². The molecule has 5 N–H and O–H groups in total. The number of hydrogen-bond donors (Lipinski definition) is 4. The van der Waals surface area contributed by atoms with Crippen LogP contribution in [-0.2, 0) is 14.3 Å². The lowest BCUT2D eigenvalue weighted by Gasteiger charge is -2.22. The number of unbranched alkanes of at least 4 members (excludes halogenated alkanes) is 1. The van der Waals surface area contributed by atoms with Gasteiger partial charge >= 0.3 is 12.1 Å². The van der Waals surface area contributed by atoms with Crippen LogP contribution >= 0.6 is 0 Å². The summed E-state index contributed by atoms with van der Waals surface area (Å²) >= 11 is 0. The second-order valence-electron chi connectivity index (χ2n) is 6.05. The van der Waals surface area contributed by atoms with Gasteiger partial charge in [-0.1, -0.05) is 0 Å². The molecule has 0 spiro atoms. The summed E-state index contributed by atoms with van der Waals surface area (Å²) in [5, 5.41) is 13.8. The number of carbonyl (C=O) groups excluding carboxylic acids is 2. The van der Waals surface area contributed by atoms with E-state index < -0.39 is 35.7 Å². The van der Waals surface area contributed by atoms with Crippen LogP contribution in [0.1, 0.15) is 47.0 Å². The number of hydrogen-bond acceptors (Lipinski definition) is 5. The Balaban J connectivity index is 4.41. The van der Waals surface area contributed by atoms with E-state index in [-0.39, 0.29) is 6.42 Å². The van der Waals surface area contributed by atoms with Crippen LogP contribution in [0.25, 0.3) is 0 Å². The Kier molecular flexibility index (Phi) is 8.47. The molecule has 0 rings (SSSR count). The molecule has 8 heteroatoms. The maximum Gasteiger partial charge on any atom is 0.408 e. The molecule has 0 radical (unpaired) electrons. The molecule has 2 atom stereocenters. The highest BCUT2D eigenvalue weighted by molar-refractivity contribution is 5.88. The van der Waals surface area contributed by atoms with Gasteiger partial charge in [0.2, 0.25) is 5.91 Å². The Labute approximate surface area is 130 Å². The van der Waals surface area contributed by atoms with Gasteiger partial charge in [0.05, 0.1) is 0 Å². The summed E-state index contributed by atoms with van der Waals surface area (Å²) < 4.78 is 5.03. The highest BCUT2D eigenvalue weighted by Crippen LogP contribution is 2.07. The first-order valence-corrected chi connectivity index (χ1v) is 7.29. The molecule has 0 aliphatic carbocycles. The Morgan fingerprint density at radius 1 is 1.18 bits per heavy atom. The van der Waals surface area contributed by atoms with Gasteiger partial charge in [-0.2, -0.15) is 0 Å². The number of aliphatic carboxylic acids is 1. The second kappa shape index (κ2) is 9.24. The quantitative estimate of drug-likeness (QED) is 0.485. The zero-order valence-corrected chi connectivity index (χ0v) is 13.6. The van der Waals surface area contributed by atoms with Crippen molar-refractivity contribution in [2.45, 2.75) is 64.6 Å². The van der Waals surface area contributed by atoms with Gasteiger partial charge in [0, 0.05) is 0 Å². The number of amides is 2. The molecule has 128 valence electrons. The van der Waals surface area contributed by atoms with Gasteiger partial charge in [0.25, 0.3) is 0 Å². The van der Waals surface area contributed by atoms with Crippen LogP contribution in [0.3, 0.4) is 0 Å². The molecule has 0 heterocycles. The second-order valence-corrected chi connectivity index (χ2v) is 6.05. The molecule has 0 aliphatic rings. The number of nitrogens with one attached hydrogen (secondary N) is 2. The van der Waals surface area contributed by atoms with Gasteiger partial charge in [-0.05, 0) is 53.5 Å². The number of rotatable bonds is 8. The molecule has 22 heavy (non-hydrogen) atoms. The van der Waals surface area contributed by atoms with Crippen molar-refractivity contribution < 1.29 is 24.2 Å². The molecule has 8 nitrogen and oxygen atoms in total. The molecule has 0 aromatic rings. The fraction of sp³-hybridized carbons (Fsp3) is 0.786.